The van der Waals surface area contributed by atoms with Crippen LogP contribution in [0.4, 0.5) is 5.82 Å². The van der Waals surface area contributed by atoms with Gasteiger partial charge in [0, 0.05) is 6.54 Å². The number of benzene rings is 2. The van der Waals surface area contributed by atoms with Gasteiger partial charge in [-0.1, -0.05) is 24.3 Å². The Morgan fingerprint density at radius 3 is 2.34 bits per heavy atom. The summed E-state index contributed by atoms with van der Waals surface area (Å²) in [6.45, 7) is 0.254. The van der Waals surface area contributed by atoms with Gasteiger partial charge < -0.3 is 10.1 Å². The number of aromatic nitrogens is 2. The summed E-state index contributed by atoms with van der Waals surface area (Å²) in [5.74, 6) is -1.72. The fourth-order valence-electron chi connectivity index (χ4n) is 2.67. The molecule has 1 aromatic heterocycles. The topological polar surface area (TPSA) is 148 Å². The van der Waals surface area contributed by atoms with Crippen LogP contribution in [0, 0.1) is 11.3 Å². The zero-order valence-electron chi connectivity index (χ0n) is 15.4. The van der Waals surface area contributed by atoms with E-state index in [2.05, 4.69) is 15.3 Å². The third-order valence-electron chi connectivity index (χ3n) is 4.15. The Hall–Kier alpha value is -3.55. The molecule has 0 bridgehead atoms. The SMILES string of the molecule is COC(=O)[C@@H](C#N)c1nc2ccccc2nc1NCc1ccc(S(N)(=O)=O)cc1. The molecule has 29 heavy (non-hydrogen) atoms. The van der Waals surface area contributed by atoms with Crippen molar-refractivity contribution in [3.05, 3.63) is 59.8 Å². The molecule has 0 fully saturated rings. The van der Waals surface area contributed by atoms with Gasteiger partial charge in [0.25, 0.3) is 0 Å². The predicted molar refractivity (Wildman–Crippen MR) is 105 cm³/mol. The van der Waals surface area contributed by atoms with Crippen LogP contribution in [0.1, 0.15) is 17.2 Å². The quantitative estimate of drug-likeness (QED) is 0.582. The minimum absolute atomic E-state index is 0.00247. The van der Waals surface area contributed by atoms with E-state index >= 15 is 0 Å². The van der Waals surface area contributed by atoms with Gasteiger partial charge in [0.15, 0.2) is 11.7 Å². The molecule has 3 N–H and O–H groups in total. The Labute approximate surface area is 167 Å². The molecule has 10 heteroatoms. The first kappa shape index (κ1) is 20.2. The van der Waals surface area contributed by atoms with Crippen molar-refractivity contribution in [3.63, 3.8) is 0 Å². The number of carbonyl (C=O) groups is 1. The average Bonchev–Trinajstić information content (AvgIpc) is 2.72. The molecular formula is C19H17N5O4S. The summed E-state index contributed by atoms with van der Waals surface area (Å²) in [7, 11) is -2.58. The first-order valence-electron chi connectivity index (χ1n) is 8.43. The molecule has 0 radical (unpaired) electrons. The Morgan fingerprint density at radius 2 is 1.79 bits per heavy atom. The summed E-state index contributed by atoms with van der Waals surface area (Å²) >= 11 is 0. The van der Waals surface area contributed by atoms with Crippen molar-refractivity contribution in [3.8, 4) is 6.07 Å². The van der Waals surface area contributed by atoms with Crippen LogP contribution in [0.25, 0.3) is 11.0 Å². The molecule has 0 aliphatic carbocycles. The number of nitrogens with zero attached hydrogens (tertiary/aromatic N) is 3. The number of nitrogens with two attached hydrogens (primary N) is 1. The number of fused-ring (bicyclic) bond motifs is 1. The zero-order valence-corrected chi connectivity index (χ0v) is 16.2. The number of rotatable bonds is 6. The van der Waals surface area contributed by atoms with Gasteiger partial charge in [0.2, 0.25) is 10.0 Å². The maximum Gasteiger partial charge on any atom is 0.329 e. The highest BCUT2D eigenvalue weighted by Gasteiger charge is 2.27. The lowest BCUT2D eigenvalue weighted by molar-refractivity contribution is -0.141. The minimum atomic E-state index is -3.77. The molecular weight excluding hydrogens is 394 g/mol. The summed E-state index contributed by atoms with van der Waals surface area (Å²) in [5, 5.41) is 17.6. The lowest BCUT2D eigenvalue weighted by Crippen LogP contribution is -2.17. The van der Waals surface area contributed by atoms with E-state index < -0.39 is 21.9 Å². The fourth-order valence-corrected chi connectivity index (χ4v) is 3.19. The van der Waals surface area contributed by atoms with Crippen molar-refractivity contribution in [1.82, 2.24) is 9.97 Å². The van der Waals surface area contributed by atoms with E-state index in [4.69, 9.17) is 9.88 Å². The molecule has 1 heterocycles. The van der Waals surface area contributed by atoms with Crippen molar-refractivity contribution >= 4 is 32.8 Å². The lowest BCUT2D eigenvalue weighted by atomic mass is 10.1. The summed E-state index contributed by atoms with van der Waals surface area (Å²) < 4.78 is 27.4. The van der Waals surface area contributed by atoms with Gasteiger partial charge in [-0.3, -0.25) is 4.79 Å². The third kappa shape index (κ3) is 4.48. The summed E-state index contributed by atoms with van der Waals surface area (Å²) in [5.41, 5.74) is 2.02. The van der Waals surface area contributed by atoms with Crippen LogP contribution < -0.4 is 10.5 Å². The number of primary sulfonamides is 1. The van der Waals surface area contributed by atoms with E-state index in [1.807, 2.05) is 6.07 Å². The van der Waals surface area contributed by atoms with Crippen LogP contribution in [0.15, 0.2) is 53.4 Å². The Kier molecular flexibility index (Phi) is 5.72. The first-order valence-corrected chi connectivity index (χ1v) is 9.98. The third-order valence-corrected chi connectivity index (χ3v) is 5.08. The van der Waals surface area contributed by atoms with Crippen molar-refractivity contribution in [2.24, 2.45) is 5.14 Å². The van der Waals surface area contributed by atoms with Crippen molar-refractivity contribution < 1.29 is 17.9 Å². The maximum absolute atomic E-state index is 12.0. The highest BCUT2D eigenvalue weighted by molar-refractivity contribution is 7.89. The molecule has 0 unspecified atom stereocenters. The van der Waals surface area contributed by atoms with Crippen LogP contribution in [0.5, 0.6) is 0 Å². The molecule has 2 aromatic carbocycles. The van der Waals surface area contributed by atoms with Gasteiger partial charge in [-0.15, -0.1) is 0 Å². The van der Waals surface area contributed by atoms with Crippen molar-refractivity contribution in [2.45, 2.75) is 17.4 Å². The van der Waals surface area contributed by atoms with Gasteiger partial charge in [0.05, 0.1) is 29.1 Å². The summed E-state index contributed by atoms with van der Waals surface area (Å²) in [4.78, 5) is 20.9. The number of para-hydroxylation sites is 2. The number of esters is 1. The number of sulfonamides is 1. The smallest absolute Gasteiger partial charge is 0.329 e. The van der Waals surface area contributed by atoms with Crippen LogP contribution in [-0.4, -0.2) is 31.5 Å². The highest BCUT2D eigenvalue weighted by atomic mass is 32.2. The van der Waals surface area contributed by atoms with Gasteiger partial charge >= 0.3 is 5.97 Å². The molecule has 0 saturated heterocycles. The molecule has 0 aliphatic heterocycles. The normalized spacial score (nSPS) is 12.2. The van der Waals surface area contributed by atoms with Crippen molar-refractivity contribution in [1.29, 1.82) is 5.26 Å². The van der Waals surface area contributed by atoms with Gasteiger partial charge in [0.1, 0.15) is 5.69 Å². The van der Waals surface area contributed by atoms with Crippen LogP contribution in [0.3, 0.4) is 0 Å². The Balaban J connectivity index is 1.96. The number of ether oxygens (including phenoxy) is 1. The highest BCUT2D eigenvalue weighted by Crippen LogP contribution is 2.25. The first-order chi connectivity index (χ1) is 13.8. The molecule has 148 valence electrons. The van der Waals surface area contributed by atoms with Crippen LogP contribution >= 0.6 is 0 Å². The molecule has 0 aliphatic rings. The summed E-state index contributed by atoms with van der Waals surface area (Å²) in [6.07, 6.45) is 0. The minimum Gasteiger partial charge on any atom is -0.468 e. The Morgan fingerprint density at radius 1 is 1.17 bits per heavy atom. The van der Waals surface area contributed by atoms with E-state index in [1.54, 1.807) is 36.4 Å². The molecule has 0 amide bonds. The molecule has 3 aromatic rings. The molecule has 1 atom stereocenters. The number of carbonyl (C=O) groups excluding carboxylic acids is 1. The second-order valence-corrected chi connectivity index (χ2v) is 7.64. The fraction of sp³-hybridized carbons (Fsp3) is 0.158. The number of methoxy groups -OCH3 is 1. The average molecular weight is 411 g/mol. The molecule has 3 rings (SSSR count). The largest absolute Gasteiger partial charge is 0.468 e. The van der Waals surface area contributed by atoms with E-state index in [1.165, 1.54) is 19.2 Å². The van der Waals surface area contributed by atoms with Gasteiger partial charge in [-0.2, -0.15) is 5.26 Å². The maximum atomic E-state index is 12.0. The number of hydrogen-bond acceptors (Lipinski definition) is 8. The van der Waals surface area contributed by atoms with Gasteiger partial charge in [-0.25, -0.2) is 23.5 Å². The molecule has 0 saturated carbocycles. The van der Waals surface area contributed by atoms with Crippen LogP contribution in [0.2, 0.25) is 0 Å². The van der Waals surface area contributed by atoms with E-state index in [9.17, 15) is 18.5 Å². The van der Waals surface area contributed by atoms with E-state index in [-0.39, 0.29) is 23.0 Å². The number of hydrogen-bond donors (Lipinski definition) is 2. The second-order valence-electron chi connectivity index (χ2n) is 6.07. The summed E-state index contributed by atoms with van der Waals surface area (Å²) in [6, 6.07) is 15.0. The van der Waals surface area contributed by atoms with Crippen LogP contribution in [-0.2, 0) is 26.1 Å². The lowest BCUT2D eigenvalue weighted by Gasteiger charge is -2.14. The zero-order chi connectivity index (χ0) is 21.0. The Bertz CT molecular complexity index is 1200. The molecule has 0 spiro atoms. The molecule has 9 nitrogen and oxygen atoms in total. The number of anilines is 1. The van der Waals surface area contributed by atoms with E-state index in [0.29, 0.717) is 11.0 Å². The number of nitriles is 1. The standard InChI is InChI=1S/C19H17N5O4S/c1-28-19(25)14(10-20)17-18(24-16-5-3-2-4-15(16)23-17)22-11-12-6-8-13(9-7-12)29(21,26)27/h2-9,14H,11H2,1H3,(H,22,24)(H2,21,26,27)/t14-/m0/s1. The van der Waals surface area contributed by atoms with Gasteiger partial charge in [-0.05, 0) is 29.8 Å². The second kappa shape index (κ2) is 8.22. The van der Waals surface area contributed by atoms with Crippen molar-refractivity contribution in [2.75, 3.05) is 12.4 Å². The number of nitrogens with one attached hydrogen (secondary N) is 1. The van der Waals surface area contributed by atoms with E-state index in [0.717, 1.165) is 5.56 Å². The monoisotopic (exact) mass is 411 g/mol. The predicted octanol–water partition coefficient (Wildman–Crippen LogP) is 1.67.